The van der Waals surface area contributed by atoms with Gasteiger partial charge in [-0.05, 0) is 78.9 Å². The summed E-state index contributed by atoms with van der Waals surface area (Å²) < 4.78 is 96.3. The number of rotatable bonds is 5. The largest absolute Gasteiger partial charge is 0.465 e. The summed E-state index contributed by atoms with van der Waals surface area (Å²) in [7, 11) is 1.18. The molecular formula is C27H22F6O4. The molecule has 0 amide bonds. The number of halogens is 6. The van der Waals surface area contributed by atoms with E-state index in [9.17, 15) is 35.9 Å². The lowest BCUT2D eigenvalue weighted by Gasteiger charge is -2.38. The number of esters is 2. The normalized spacial score (nSPS) is 12.3. The van der Waals surface area contributed by atoms with E-state index in [4.69, 9.17) is 4.74 Å². The van der Waals surface area contributed by atoms with Crippen molar-refractivity contribution >= 4 is 11.9 Å². The maximum atomic E-state index is 14.4. The summed E-state index contributed by atoms with van der Waals surface area (Å²) >= 11 is 0. The van der Waals surface area contributed by atoms with Gasteiger partial charge in [-0.3, -0.25) is 0 Å². The Kier molecular flexibility index (Phi) is 7.44. The van der Waals surface area contributed by atoms with Crippen LogP contribution >= 0.6 is 0 Å². The molecule has 0 bridgehead atoms. The number of methoxy groups -OCH3 is 1. The fraction of sp³-hybridized carbons (Fsp3) is 0.259. The number of hydrogen-bond donors (Lipinski definition) is 0. The van der Waals surface area contributed by atoms with Crippen LogP contribution < -0.4 is 4.74 Å². The molecule has 0 saturated heterocycles. The number of aryl methyl sites for hydroxylation is 3. The highest BCUT2D eigenvalue weighted by molar-refractivity contribution is 5.94. The zero-order valence-corrected chi connectivity index (χ0v) is 20.2. The van der Waals surface area contributed by atoms with Crippen molar-refractivity contribution in [3.8, 4) is 5.75 Å². The summed E-state index contributed by atoms with van der Waals surface area (Å²) in [4.78, 5) is 24.0. The van der Waals surface area contributed by atoms with Crippen molar-refractivity contribution in [3.05, 3.63) is 99.6 Å². The van der Waals surface area contributed by atoms with Crippen LogP contribution in [0.5, 0.6) is 5.75 Å². The van der Waals surface area contributed by atoms with Crippen LogP contribution in [0.2, 0.25) is 0 Å². The van der Waals surface area contributed by atoms with E-state index in [0.717, 1.165) is 24.3 Å². The molecule has 196 valence electrons. The summed E-state index contributed by atoms with van der Waals surface area (Å²) in [6.45, 7) is 4.25. The highest BCUT2D eigenvalue weighted by Crippen LogP contribution is 2.56. The van der Waals surface area contributed by atoms with Crippen molar-refractivity contribution in [1.29, 1.82) is 0 Å². The molecule has 0 heterocycles. The van der Waals surface area contributed by atoms with Crippen LogP contribution in [-0.4, -0.2) is 31.4 Å². The smallest absolute Gasteiger partial charge is 0.411 e. The van der Waals surface area contributed by atoms with Gasteiger partial charge >= 0.3 is 24.3 Å². The van der Waals surface area contributed by atoms with Gasteiger partial charge in [0.25, 0.3) is 0 Å². The molecule has 3 aromatic carbocycles. The van der Waals surface area contributed by atoms with Crippen molar-refractivity contribution in [2.45, 2.75) is 38.5 Å². The van der Waals surface area contributed by atoms with Gasteiger partial charge in [0.15, 0.2) is 0 Å². The van der Waals surface area contributed by atoms with Crippen molar-refractivity contribution in [2.75, 3.05) is 7.11 Å². The molecule has 10 heteroatoms. The van der Waals surface area contributed by atoms with Gasteiger partial charge in [-0.25, -0.2) is 9.59 Å². The Bertz CT molecular complexity index is 1310. The molecule has 3 aromatic rings. The maximum Gasteiger partial charge on any atom is 0.411 e. The minimum Gasteiger partial charge on any atom is -0.465 e. The zero-order valence-electron chi connectivity index (χ0n) is 20.2. The number of alkyl halides is 6. The number of hydrogen-bond acceptors (Lipinski definition) is 4. The molecule has 0 aliphatic carbocycles. The first-order valence-electron chi connectivity index (χ1n) is 10.9. The number of carbonyl (C=O) groups excluding carboxylic acids is 2. The quantitative estimate of drug-likeness (QED) is 0.204. The van der Waals surface area contributed by atoms with E-state index in [1.165, 1.54) is 51.3 Å². The summed E-state index contributed by atoms with van der Waals surface area (Å²) in [6, 6.07) is 10.4. The van der Waals surface area contributed by atoms with Gasteiger partial charge in [-0.15, -0.1) is 0 Å². The van der Waals surface area contributed by atoms with Crippen LogP contribution in [0.15, 0.2) is 60.7 Å². The molecule has 0 unspecified atom stereocenters. The van der Waals surface area contributed by atoms with Gasteiger partial charge in [0, 0.05) is 0 Å². The Labute approximate surface area is 208 Å². The third-order valence-corrected chi connectivity index (χ3v) is 6.14. The molecule has 0 N–H and O–H groups in total. The molecule has 0 atom stereocenters. The maximum absolute atomic E-state index is 14.4. The minimum absolute atomic E-state index is 0.00573. The van der Waals surface area contributed by atoms with Crippen LogP contribution in [0.3, 0.4) is 0 Å². The van der Waals surface area contributed by atoms with Crippen molar-refractivity contribution in [2.24, 2.45) is 0 Å². The van der Waals surface area contributed by atoms with Crippen molar-refractivity contribution in [1.82, 2.24) is 0 Å². The van der Waals surface area contributed by atoms with Gasteiger partial charge in [-0.2, -0.15) is 26.3 Å². The fourth-order valence-corrected chi connectivity index (χ4v) is 3.97. The number of carbonyl (C=O) groups is 2. The molecule has 0 radical (unpaired) electrons. The lowest BCUT2D eigenvalue weighted by Crippen LogP contribution is -2.54. The van der Waals surface area contributed by atoms with Crippen LogP contribution in [0.4, 0.5) is 26.3 Å². The standard InChI is InChI=1S/C27H22F6O4/c1-15-5-10-20(13-16(15)2)25(26(28,29)30,27(31,32)33)21-11-12-22(17(3)14-21)37-24(35)19-8-6-18(7-9-19)23(34)36-4/h5-14H,1-4H3. The summed E-state index contributed by atoms with van der Waals surface area (Å²) in [5.74, 6) is -1.77. The molecule has 37 heavy (non-hydrogen) atoms. The Morgan fingerprint density at radius 2 is 1.08 bits per heavy atom. The molecule has 0 aliphatic rings. The Hall–Kier alpha value is -3.82. The van der Waals surface area contributed by atoms with Crippen molar-refractivity contribution < 1.29 is 45.4 Å². The summed E-state index contributed by atoms with van der Waals surface area (Å²) in [6.07, 6.45) is -11.5. The molecule has 3 rings (SSSR count). The topological polar surface area (TPSA) is 52.6 Å². The monoisotopic (exact) mass is 524 g/mol. The van der Waals surface area contributed by atoms with E-state index in [2.05, 4.69) is 4.74 Å². The van der Waals surface area contributed by atoms with Crippen LogP contribution in [0.25, 0.3) is 0 Å². The Morgan fingerprint density at radius 3 is 1.51 bits per heavy atom. The lowest BCUT2D eigenvalue weighted by atomic mass is 9.72. The van der Waals surface area contributed by atoms with Crippen molar-refractivity contribution in [3.63, 3.8) is 0 Å². The molecule has 0 aliphatic heterocycles. The Balaban J connectivity index is 2.06. The molecule has 4 nitrogen and oxygen atoms in total. The van der Waals surface area contributed by atoms with E-state index in [1.807, 2.05) is 0 Å². The third-order valence-electron chi connectivity index (χ3n) is 6.14. The molecule has 0 spiro atoms. The molecule has 0 fully saturated rings. The van der Waals surface area contributed by atoms with Gasteiger partial charge in [0.2, 0.25) is 5.41 Å². The van der Waals surface area contributed by atoms with Gasteiger partial charge < -0.3 is 9.47 Å². The first-order valence-corrected chi connectivity index (χ1v) is 10.9. The van der Waals surface area contributed by atoms with Gasteiger partial charge in [0.1, 0.15) is 5.75 Å². The fourth-order valence-electron chi connectivity index (χ4n) is 3.97. The lowest BCUT2D eigenvalue weighted by molar-refractivity contribution is -0.288. The van der Waals surface area contributed by atoms with E-state index in [1.54, 1.807) is 6.92 Å². The second-order valence-electron chi connectivity index (χ2n) is 8.48. The highest BCUT2D eigenvalue weighted by atomic mass is 19.4. The first-order chi connectivity index (χ1) is 17.1. The summed E-state index contributed by atoms with van der Waals surface area (Å²) in [5, 5.41) is 0. The Morgan fingerprint density at radius 1 is 0.622 bits per heavy atom. The van der Waals surface area contributed by atoms with Crippen LogP contribution in [0, 0.1) is 20.8 Å². The number of ether oxygens (including phenoxy) is 2. The van der Waals surface area contributed by atoms with Gasteiger partial charge in [-0.1, -0.05) is 30.3 Å². The second-order valence-corrected chi connectivity index (χ2v) is 8.48. The average Bonchev–Trinajstić information content (AvgIpc) is 2.81. The van der Waals surface area contributed by atoms with Crippen LogP contribution in [0.1, 0.15) is 48.5 Å². The second kappa shape index (κ2) is 9.91. The first kappa shape index (κ1) is 27.8. The molecule has 0 saturated carbocycles. The zero-order chi connectivity index (χ0) is 27.8. The molecule has 0 aromatic heterocycles. The van der Waals surface area contributed by atoms with E-state index in [-0.39, 0.29) is 28.0 Å². The van der Waals surface area contributed by atoms with Crippen LogP contribution in [-0.2, 0) is 10.2 Å². The minimum atomic E-state index is -5.74. The third kappa shape index (κ3) is 5.05. The molecular weight excluding hydrogens is 502 g/mol. The average molecular weight is 524 g/mol. The van der Waals surface area contributed by atoms with E-state index < -0.39 is 40.8 Å². The predicted octanol–water partition coefficient (Wildman–Crippen LogP) is 7.03. The predicted molar refractivity (Wildman–Crippen MR) is 123 cm³/mol. The summed E-state index contributed by atoms with van der Waals surface area (Å²) in [5.41, 5.74) is -5.46. The van der Waals surface area contributed by atoms with E-state index in [0.29, 0.717) is 11.6 Å². The highest BCUT2D eigenvalue weighted by Gasteiger charge is 2.72. The van der Waals surface area contributed by atoms with E-state index >= 15 is 0 Å². The number of benzene rings is 3. The SMILES string of the molecule is COC(=O)c1ccc(C(=O)Oc2ccc(C(c3ccc(C)c(C)c3)(C(F)(F)F)C(F)(F)F)cc2C)cc1. The van der Waals surface area contributed by atoms with Gasteiger partial charge in [0.05, 0.1) is 18.2 Å².